The lowest BCUT2D eigenvalue weighted by molar-refractivity contribution is -0.125. The molecule has 3 heterocycles. The highest BCUT2D eigenvalue weighted by atomic mass is 16.5. The summed E-state index contributed by atoms with van der Waals surface area (Å²) in [5.41, 5.74) is 3.26. The number of amides is 1. The van der Waals surface area contributed by atoms with Crippen molar-refractivity contribution in [2.75, 3.05) is 46.4 Å². The normalized spacial score (nSPS) is 23.7. The Balaban J connectivity index is 1.36. The van der Waals surface area contributed by atoms with Gasteiger partial charge in [0.1, 0.15) is 0 Å². The number of nitrogens with zero attached hydrogens (tertiary/aromatic N) is 4. The molecule has 0 radical (unpaired) electrons. The zero-order valence-electron chi connectivity index (χ0n) is 18.4. The van der Waals surface area contributed by atoms with E-state index < -0.39 is 6.10 Å². The highest BCUT2D eigenvalue weighted by Crippen LogP contribution is 2.23. The first-order chi connectivity index (χ1) is 15.0. The van der Waals surface area contributed by atoms with E-state index in [1.807, 2.05) is 31.1 Å². The Bertz CT molecular complexity index is 862. The Hall–Kier alpha value is -2.26. The molecule has 0 aliphatic carbocycles. The summed E-state index contributed by atoms with van der Waals surface area (Å²) >= 11 is 0. The molecule has 3 unspecified atom stereocenters. The van der Waals surface area contributed by atoms with E-state index in [-0.39, 0.29) is 18.0 Å². The van der Waals surface area contributed by atoms with Gasteiger partial charge in [-0.1, -0.05) is 24.3 Å². The molecule has 168 valence electrons. The molecule has 2 fully saturated rings. The number of ether oxygens (including phenoxy) is 1. The van der Waals surface area contributed by atoms with Gasteiger partial charge in [-0.25, -0.2) is 0 Å². The van der Waals surface area contributed by atoms with Gasteiger partial charge in [0, 0.05) is 32.4 Å². The summed E-state index contributed by atoms with van der Waals surface area (Å²) in [6.45, 7) is 7.90. The van der Waals surface area contributed by atoms with Gasteiger partial charge in [-0.3, -0.25) is 19.3 Å². The standard InChI is InChI=1S/C23H33N5O3/c1-17(25-23(30)22-15-20(29)16-26(22)2)18-3-5-19(6-4-18)21-7-8-24-28(21)10-9-27-11-13-31-14-12-27/h3-8,17,20,22,29H,9-16H2,1-2H3,(H,25,30). The lowest BCUT2D eigenvalue weighted by atomic mass is 10.0. The molecule has 0 saturated carbocycles. The first-order valence-electron chi connectivity index (χ1n) is 11.1. The fourth-order valence-electron chi connectivity index (χ4n) is 4.43. The summed E-state index contributed by atoms with van der Waals surface area (Å²) in [5, 5.41) is 17.4. The predicted molar refractivity (Wildman–Crippen MR) is 119 cm³/mol. The molecule has 8 nitrogen and oxygen atoms in total. The number of carbonyl (C=O) groups is 1. The second-order valence-electron chi connectivity index (χ2n) is 8.59. The summed E-state index contributed by atoms with van der Waals surface area (Å²) < 4.78 is 7.47. The van der Waals surface area contributed by atoms with E-state index in [1.54, 1.807) is 0 Å². The molecule has 1 aromatic heterocycles. The lowest BCUT2D eigenvalue weighted by Crippen LogP contribution is -2.42. The lowest BCUT2D eigenvalue weighted by Gasteiger charge is -2.26. The number of hydrogen-bond donors (Lipinski definition) is 2. The van der Waals surface area contributed by atoms with Gasteiger partial charge in [0.05, 0.1) is 43.6 Å². The van der Waals surface area contributed by atoms with Crippen molar-refractivity contribution in [2.45, 2.75) is 38.1 Å². The minimum atomic E-state index is -0.427. The van der Waals surface area contributed by atoms with Crippen LogP contribution in [0.3, 0.4) is 0 Å². The third kappa shape index (κ3) is 5.33. The number of carbonyl (C=O) groups excluding carboxylic acids is 1. The van der Waals surface area contributed by atoms with Crippen LogP contribution in [-0.4, -0.2) is 89.2 Å². The Labute approximate surface area is 183 Å². The quantitative estimate of drug-likeness (QED) is 0.689. The summed E-state index contributed by atoms with van der Waals surface area (Å²) in [4.78, 5) is 16.9. The summed E-state index contributed by atoms with van der Waals surface area (Å²) in [6.07, 6.45) is 1.91. The number of aromatic nitrogens is 2. The largest absolute Gasteiger partial charge is 0.392 e. The van der Waals surface area contributed by atoms with Crippen LogP contribution in [0.1, 0.15) is 24.9 Å². The van der Waals surface area contributed by atoms with Crippen molar-refractivity contribution in [1.82, 2.24) is 24.9 Å². The maximum atomic E-state index is 12.6. The molecule has 1 amide bonds. The van der Waals surface area contributed by atoms with E-state index in [2.05, 4.69) is 44.3 Å². The van der Waals surface area contributed by atoms with Gasteiger partial charge in [-0.05, 0) is 37.6 Å². The average Bonchev–Trinajstić information content (AvgIpc) is 3.38. The molecule has 31 heavy (non-hydrogen) atoms. The second kappa shape index (κ2) is 9.91. The number of benzene rings is 1. The summed E-state index contributed by atoms with van der Waals surface area (Å²) in [5.74, 6) is -0.0307. The van der Waals surface area contributed by atoms with Crippen LogP contribution in [0.25, 0.3) is 11.3 Å². The third-order valence-corrected chi connectivity index (χ3v) is 6.34. The minimum Gasteiger partial charge on any atom is -0.392 e. The van der Waals surface area contributed by atoms with Crippen LogP contribution in [0, 0.1) is 0 Å². The fourth-order valence-corrected chi connectivity index (χ4v) is 4.43. The number of β-amino-alcohol motifs (C(OH)–C–C–N with tert-alkyl or cyclic N) is 1. The van der Waals surface area contributed by atoms with E-state index in [4.69, 9.17) is 4.74 Å². The maximum Gasteiger partial charge on any atom is 0.237 e. The first kappa shape index (κ1) is 22.0. The number of likely N-dealkylation sites (tertiary alicyclic amines) is 1. The molecule has 2 N–H and O–H groups in total. The van der Waals surface area contributed by atoms with E-state index in [1.165, 1.54) is 0 Å². The SMILES string of the molecule is CC(NC(=O)C1CC(O)CN1C)c1ccc(-c2ccnn2CCN2CCOCC2)cc1. The summed E-state index contributed by atoms with van der Waals surface area (Å²) in [6, 6.07) is 9.98. The van der Waals surface area contributed by atoms with Crippen molar-refractivity contribution in [1.29, 1.82) is 0 Å². The van der Waals surface area contributed by atoms with Gasteiger partial charge < -0.3 is 15.2 Å². The molecule has 2 aliphatic heterocycles. The second-order valence-corrected chi connectivity index (χ2v) is 8.59. The molecule has 2 aromatic rings. The van der Waals surface area contributed by atoms with Crippen LogP contribution < -0.4 is 5.32 Å². The van der Waals surface area contributed by atoms with Gasteiger partial charge in [0.25, 0.3) is 0 Å². The Morgan fingerprint density at radius 3 is 2.65 bits per heavy atom. The molecule has 4 rings (SSSR count). The fraction of sp³-hybridized carbons (Fsp3) is 0.565. The molecule has 0 bridgehead atoms. The molecule has 3 atom stereocenters. The van der Waals surface area contributed by atoms with Crippen LogP contribution in [0.5, 0.6) is 0 Å². The molecule has 1 aromatic carbocycles. The highest BCUT2D eigenvalue weighted by molar-refractivity contribution is 5.82. The number of nitrogens with one attached hydrogen (secondary N) is 1. The predicted octanol–water partition coefficient (Wildman–Crippen LogP) is 1.12. The summed E-state index contributed by atoms with van der Waals surface area (Å²) in [7, 11) is 1.88. The van der Waals surface area contributed by atoms with E-state index in [0.717, 1.165) is 56.2 Å². The van der Waals surface area contributed by atoms with Crippen LogP contribution >= 0.6 is 0 Å². The van der Waals surface area contributed by atoms with E-state index in [9.17, 15) is 9.90 Å². The van der Waals surface area contributed by atoms with Gasteiger partial charge in [0.15, 0.2) is 0 Å². The molecule has 2 saturated heterocycles. The van der Waals surface area contributed by atoms with Crippen molar-refractivity contribution >= 4 is 5.91 Å². The first-order valence-corrected chi connectivity index (χ1v) is 11.1. The number of morpholine rings is 1. The third-order valence-electron chi connectivity index (χ3n) is 6.34. The monoisotopic (exact) mass is 427 g/mol. The number of aliphatic hydroxyl groups excluding tert-OH is 1. The van der Waals surface area contributed by atoms with Crippen molar-refractivity contribution in [2.24, 2.45) is 0 Å². The Kier molecular flexibility index (Phi) is 7.02. The van der Waals surface area contributed by atoms with Crippen LogP contribution in [-0.2, 0) is 16.1 Å². The van der Waals surface area contributed by atoms with Gasteiger partial charge >= 0.3 is 0 Å². The van der Waals surface area contributed by atoms with Crippen molar-refractivity contribution in [3.63, 3.8) is 0 Å². The number of likely N-dealkylation sites (N-methyl/N-ethyl adjacent to an activating group) is 1. The average molecular weight is 428 g/mol. The van der Waals surface area contributed by atoms with Crippen molar-refractivity contribution in [3.05, 3.63) is 42.1 Å². The van der Waals surface area contributed by atoms with Gasteiger partial charge in [-0.15, -0.1) is 0 Å². The van der Waals surface area contributed by atoms with Crippen LogP contribution in [0.2, 0.25) is 0 Å². The van der Waals surface area contributed by atoms with Crippen LogP contribution in [0.15, 0.2) is 36.5 Å². The smallest absolute Gasteiger partial charge is 0.237 e. The van der Waals surface area contributed by atoms with Crippen molar-refractivity contribution in [3.8, 4) is 11.3 Å². The van der Waals surface area contributed by atoms with E-state index >= 15 is 0 Å². The highest BCUT2D eigenvalue weighted by Gasteiger charge is 2.33. The van der Waals surface area contributed by atoms with Gasteiger partial charge in [-0.2, -0.15) is 5.10 Å². The Morgan fingerprint density at radius 1 is 1.23 bits per heavy atom. The zero-order valence-corrected chi connectivity index (χ0v) is 18.4. The van der Waals surface area contributed by atoms with Gasteiger partial charge in [0.2, 0.25) is 5.91 Å². The molecular weight excluding hydrogens is 394 g/mol. The Morgan fingerprint density at radius 2 is 1.97 bits per heavy atom. The van der Waals surface area contributed by atoms with Crippen LogP contribution in [0.4, 0.5) is 0 Å². The maximum absolute atomic E-state index is 12.6. The molecular formula is C23H33N5O3. The minimum absolute atomic E-state index is 0.0307. The number of rotatable bonds is 7. The molecule has 8 heteroatoms. The number of aliphatic hydroxyl groups is 1. The van der Waals surface area contributed by atoms with E-state index in [0.29, 0.717) is 13.0 Å². The molecule has 0 spiro atoms. The van der Waals surface area contributed by atoms with Crippen molar-refractivity contribution < 1.29 is 14.6 Å². The topological polar surface area (TPSA) is 82.9 Å². The zero-order chi connectivity index (χ0) is 21.8. The molecule has 2 aliphatic rings. The number of hydrogen-bond acceptors (Lipinski definition) is 6.